The molecule has 0 aliphatic carbocycles. The number of alkyl halides is 3. The number of rotatable bonds is 3. The number of nitrogens with two attached hydrogens (primary N) is 1. The molecule has 27 heavy (non-hydrogen) atoms. The van der Waals surface area contributed by atoms with Gasteiger partial charge in [-0.15, -0.1) is 0 Å². The summed E-state index contributed by atoms with van der Waals surface area (Å²) in [7, 11) is 1.22. The number of nitrogens with zero attached hydrogens (tertiary/aromatic N) is 3. The lowest BCUT2D eigenvalue weighted by atomic mass is 10.0. The molecule has 0 radical (unpaired) electrons. The lowest BCUT2D eigenvalue weighted by Gasteiger charge is -2.20. The maximum Gasteiger partial charge on any atom is 0.435 e. The molecule has 1 aliphatic heterocycles. The standard InChI is InChI=1S/C16H15F4N5O2/c1-25-12(7-13(24-25)16(18,19)20)14(26)22-8-2-3-10(17)9(6-8)11-4-5-27-15(21)23-11/h2-3,6-7,11H,4-5H2,1H3,(H2,21,23)(H,22,26). The molecule has 3 rings (SSSR count). The lowest BCUT2D eigenvalue weighted by molar-refractivity contribution is -0.141. The third-order valence-electron chi connectivity index (χ3n) is 3.94. The molecule has 1 aliphatic rings. The maximum absolute atomic E-state index is 14.1. The number of aliphatic imine (C=N–C) groups is 1. The number of halogens is 4. The van der Waals surface area contributed by atoms with Gasteiger partial charge in [0.05, 0.1) is 12.6 Å². The molecule has 3 N–H and O–H groups in total. The second kappa shape index (κ2) is 6.89. The van der Waals surface area contributed by atoms with Gasteiger partial charge < -0.3 is 15.8 Å². The fourth-order valence-corrected chi connectivity index (χ4v) is 2.65. The quantitative estimate of drug-likeness (QED) is 0.794. The van der Waals surface area contributed by atoms with Crippen molar-refractivity contribution in [3.05, 3.63) is 47.0 Å². The number of hydrogen-bond acceptors (Lipinski definition) is 5. The summed E-state index contributed by atoms with van der Waals surface area (Å²) in [6, 6.07) is 3.80. The summed E-state index contributed by atoms with van der Waals surface area (Å²) in [5, 5.41) is 5.72. The van der Waals surface area contributed by atoms with Gasteiger partial charge in [0.2, 0.25) is 0 Å². The number of nitrogens with one attached hydrogen (secondary N) is 1. The van der Waals surface area contributed by atoms with Crippen LogP contribution in [0, 0.1) is 5.82 Å². The predicted molar refractivity (Wildman–Crippen MR) is 87.5 cm³/mol. The van der Waals surface area contributed by atoms with E-state index < -0.39 is 29.6 Å². The van der Waals surface area contributed by atoms with Gasteiger partial charge in [-0.25, -0.2) is 9.38 Å². The molecule has 1 aromatic heterocycles. The minimum absolute atomic E-state index is 0.0605. The van der Waals surface area contributed by atoms with Crippen molar-refractivity contribution < 1.29 is 27.1 Å². The van der Waals surface area contributed by atoms with Crippen LogP contribution in [0.15, 0.2) is 29.3 Å². The second-order valence-corrected chi connectivity index (χ2v) is 5.85. The van der Waals surface area contributed by atoms with E-state index in [0.717, 1.165) is 10.7 Å². The van der Waals surface area contributed by atoms with Crippen LogP contribution in [0.3, 0.4) is 0 Å². The fourth-order valence-electron chi connectivity index (χ4n) is 2.65. The largest absolute Gasteiger partial charge is 0.465 e. The average Bonchev–Trinajstić information content (AvgIpc) is 2.99. The van der Waals surface area contributed by atoms with Gasteiger partial charge in [-0.2, -0.15) is 18.3 Å². The lowest BCUT2D eigenvalue weighted by Crippen LogP contribution is -2.24. The van der Waals surface area contributed by atoms with Gasteiger partial charge in [0, 0.05) is 30.8 Å². The molecule has 0 saturated carbocycles. The molecule has 0 bridgehead atoms. The Morgan fingerprint density at radius 3 is 2.74 bits per heavy atom. The highest BCUT2D eigenvalue weighted by molar-refractivity contribution is 6.03. The van der Waals surface area contributed by atoms with Crippen LogP contribution in [0.5, 0.6) is 0 Å². The molecule has 11 heteroatoms. The molecule has 144 valence electrons. The van der Waals surface area contributed by atoms with E-state index in [2.05, 4.69) is 15.4 Å². The van der Waals surface area contributed by atoms with Crippen molar-refractivity contribution in [2.75, 3.05) is 11.9 Å². The molecule has 1 atom stereocenters. The Balaban J connectivity index is 1.84. The summed E-state index contributed by atoms with van der Waals surface area (Å²) >= 11 is 0. The van der Waals surface area contributed by atoms with E-state index in [0.29, 0.717) is 12.5 Å². The molecule has 2 aromatic rings. The predicted octanol–water partition coefficient (Wildman–Crippen LogP) is 2.61. The number of aryl methyl sites for hydroxylation is 1. The summed E-state index contributed by atoms with van der Waals surface area (Å²) in [6.07, 6.45) is -4.27. The van der Waals surface area contributed by atoms with Crippen LogP contribution in [0.4, 0.5) is 23.2 Å². The third kappa shape index (κ3) is 4.01. The third-order valence-corrected chi connectivity index (χ3v) is 3.94. The van der Waals surface area contributed by atoms with E-state index in [1.54, 1.807) is 0 Å². The summed E-state index contributed by atoms with van der Waals surface area (Å²) in [4.78, 5) is 16.3. The number of carbonyl (C=O) groups is 1. The fraction of sp³-hybridized carbons (Fsp3) is 0.312. The average molecular weight is 385 g/mol. The van der Waals surface area contributed by atoms with Crippen LogP contribution >= 0.6 is 0 Å². The Labute approximate surface area is 150 Å². The van der Waals surface area contributed by atoms with E-state index in [1.807, 2.05) is 0 Å². The van der Waals surface area contributed by atoms with E-state index in [-0.39, 0.29) is 29.6 Å². The Morgan fingerprint density at radius 1 is 1.37 bits per heavy atom. The monoisotopic (exact) mass is 385 g/mol. The van der Waals surface area contributed by atoms with Gasteiger partial charge >= 0.3 is 6.18 Å². The summed E-state index contributed by atoms with van der Waals surface area (Å²) in [5.41, 5.74) is 4.42. The zero-order valence-corrected chi connectivity index (χ0v) is 14.0. The van der Waals surface area contributed by atoms with E-state index in [9.17, 15) is 22.4 Å². The number of aromatic nitrogens is 2. The van der Waals surface area contributed by atoms with Gasteiger partial charge in [0.1, 0.15) is 11.5 Å². The Morgan fingerprint density at radius 2 is 2.11 bits per heavy atom. The molecule has 1 unspecified atom stereocenters. The zero-order valence-electron chi connectivity index (χ0n) is 14.0. The topological polar surface area (TPSA) is 94.5 Å². The van der Waals surface area contributed by atoms with Crippen LogP contribution < -0.4 is 11.1 Å². The van der Waals surface area contributed by atoms with E-state index in [4.69, 9.17) is 10.5 Å². The summed E-state index contributed by atoms with van der Waals surface area (Å²) in [5.74, 6) is -1.36. The first kappa shape index (κ1) is 18.7. The van der Waals surface area contributed by atoms with Crippen molar-refractivity contribution in [3.8, 4) is 0 Å². The zero-order chi connectivity index (χ0) is 19.8. The van der Waals surface area contributed by atoms with Crippen molar-refractivity contribution in [3.63, 3.8) is 0 Å². The van der Waals surface area contributed by atoms with Crippen molar-refractivity contribution in [1.82, 2.24) is 9.78 Å². The Kier molecular flexibility index (Phi) is 4.77. The summed E-state index contributed by atoms with van der Waals surface area (Å²) in [6.45, 7) is 0.269. The highest BCUT2D eigenvalue weighted by Crippen LogP contribution is 2.30. The molecule has 0 saturated heterocycles. The maximum atomic E-state index is 14.1. The van der Waals surface area contributed by atoms with Crippen molar-refractivity contribution in [2.45, 2.75) is 18.6 Å². The molecule has 1 aromatic carbocycles. The van der Waals surface area contributed by atoms with Crippen LogP contribution in [0.25, 0.3) is 0 Å². The number of anilines is 1. The first-order chi connectivity index (χ1) is 12.6. The molecule has 7 nitrogen and oxygen atoms in total. The van der Waals surface area contributed by atoms with Crippen molar-refractivity contribution in [1.29, 1.82) is 0 Å². The molecular formula is C16H15F4N5O2. The van der Waals surface area contributed by atoms with Gasteiger partial charge in [0.15, 0.2) is 5.69 Å². The molecule has 0 fully saturated rings. The van der Waals surface area contributed by atoms with Crippen molar-refractivity contribution >= 4 is 17.6 Å². The second-order valence-electron chi connectivity index (χ2n) is 5.85. The number of ether oxygens (including phenoxy) is 1. The van der Waals surface area contributed by atoms with Crippen LogP contribution in [0.1, 0.15) is 34.2 Å². The minimum Gasteiger partial charge on any atom is -0.465 e. The molecular weight excluding hydrogens is 370 g/mol. The Hall–Kier alpha value is -3.11. The van der Waals surface area contributed by atoms with Crippen molar-refractivity contribution in [2.24, 2.45) is 17.8 Å². The molecule has 1 amide bonds. The van der Waals surface area contributed by atoms with Crippen LogP contribution in [-0.4, -0.2) is 28.3 Å². The molecule has 2 heterocycles. The number of benzene rings is 1. The smallest absolute Gasteiger partial charge is 0.435 e. The van der Waals surface area contributed by atoms with E-state index in [1.165, 1.54) is 19.2 Å². The minimum atomic E-state index is -4.67. The highest BCUT2D eigenvalue weighted by Gasteiger charge is 2.35. The molecule has 0 spiro atoms. The number of carbonyl (C=O) groups excluding carboxylic acids is 1. The summed E-state index contributed by atoms with van der Waals surface area (Å²) < 4.78 is 58.1. The van der Waals surface area contributed by atoms with Crippen LogP contribution in [0.2, 0.25) is 0 Å². The normalized spacial score (nSPS) is 17.2. The van der Waals surface area contributed by atoms with Gasteiger partial charge in [-0.1, -0.05) is 0 Å². The number of amidine groups is 1. The number of hydrogen-bond donors (Lipinski definition) is 2. The first-order valence-electron chi connectivity index (χ1n) is 7.83. The van der Waals surface area contributed by atoms with Gasteiger partial charge in [0.25, 0.3) is 11.9 Å². The van der Waals surface area contributed by atoms with Gasteiger partial charge in [-0.05, 0) is 18.2 Å². The first-order valence-corrected chi connectivity index (χ1v) is 7.83. The SMILES string of the molecule is Cn1nc(C(F)(F)F)cc1C(=O)Nc1ccc(F)c(C2CCOC(N)=N2)c1. The highest BCUT2D eigenvalue weighted by atomic mass is 19.4. The van der Waals surface area contributed by atoms with E-state index >= 15 is 0 Å². The van der Waals surface area contributed by atoms with Crippen LogP contribution in [-0.2, 0) is 18.0 Å². The van der Waals surface area contributed by atoms with Gasteiger partial charge in [-0.3, -0.25) is 9.48 Å². The Bertz CT molecular complexity index is 907. The number of amides is 1.